The number of aromatic nitrogens is 1. The molecule has 10 heteroatoms. The smallest absolute Gasteiger partial charge is 0.248 e. The van der Waals surface area contributed by atoms with Gasteiger partial charge >= 0.3 is 0 Å². The van der Waals surface area contributed by atoms with Crippen molar-refractivity contribution < 1.29 is 12.9 Å². The van der Waals surface area contributed by atoms with Gasteiger partial charge in [0.2, 0.25) is 10.0 Å². The van der Waals surface area contributed by atoms with Crippen LogP contribution in [0.4, 0.5) is 0 Å². The number of hydrogen-bond acceptors (Lipinski definition) is 6. The lowest BCUT2D eigenvalue weighted by molar-refractivity contribution is 0.263. The Kier molecular flexibility index (Phi) is 6.78. The molecule has 2 rings (SSSR count). The fourth-order valence-electron chi connectivity index (χ4n) is 2.81. The first-order valence-corrected chi connectivity index (χ1v) is 10.2. The van der Waals surface area contributed by atoms with Crippen molar-refractivity contribution in [3.05, 3.63) is 11.5 Å². The average molecular weight is 390 g/mol. The van der Waals surface area contributed by atoms with Crippen LogP contribution in [0.25, 0.3) is 0 Å². The molecule has 0 spiro atoms. The molecule has 0 bridgehead atoms. The van der Waals surface area contributed by atoms with E-state index in [2.05, 4.69) is 15.4 Å². The fraction of sp³-hybridized carbons (Fsp3) is 0.733. The zero-order valence-electron chi connectivity index (χ0n) is 15.3. The van der Waals surface area contributed by atoms with Gasteiger partial charge in [-0.3, -0.25) is 0 Å². The van der Waals surface area contributed by atoms with Crippen LogP contribution in [0, 0.1) is 13.8 Å². The topological polar surface area (TPSA) is 81.9 Å². The summed E-state index contributed by atoms with van der Waals surface area (Å²) in [6.45, 7) is 7.01. The second-order valence-electron chi connectivity index (χ2n) is 6.43. The molecule has 1 aromatic heterocycles. The van der Waals surface area contributed by atoms with E-state index in [4.69, 9.17) is 16.7 Å². The third kappa shape index (κ3) is 4.90. The van der Waals surface area contributed by atoms with Gasteiger partial charge in [0.05, 0.1) is 0 Å². The highest BCUT2D eigenvalue weighted by atomic mass is 32.2. The molecule has 1 fully saturated rings. The van der Waals surface area contributed by atoms with Gasteiger partial charge in [-0.25, -0.2) is 8.42 Å². The lowest BCUT2D eigenvalue weighted by Gasteiger charge is -2.35. The van der Waals surface area contributed by atoms with Crippen LogP contribution in [0.2, 0.25) is 0 Å². The molecule has 8 nitrogen and oxygen atoms in total. The van der Waals surface area contributed by atoms with Crippen LogP contribution in [0.15, 0.2) is 9.42 Å². The van der Waals surface area contributed by atoms with Crippen molar-refractivity contribution in [1.82, 2.24) is 24.6 Å². The number of nitrogens with one attached hydrogen (secondary N) is 1. The summed E-state index contributed by atoms with van der Waals surface area (Å²) in [6, 6.07) is 0. The van der Waals surface area contributed by atoms with Crippen molar-refractivity contribution in [2.45, 2.75) is 25.2 Å². The molecule has 0 unspecified atom stereocenters. The van der Waals surface area contributed by atoms with Crippen LogP contribution >= 0.6 is 12.2 Å². The highest BCUT2D eigenvalue weighted by Crippen LogP contribution is 2.24. The van der Waals surface area contributed by atoms with Crippen molar-refractivity contribution in [3.8, 4) is 0 Å². The monoisotopic (exact) mass is 389 g/mol. The Morgan fingerprint density at radius 1 is 1.28 bits per heavy atom. The highest BCUT2D eigenvalue weighted by molar-refractivity contribution is 7.89. The molecule has 0 aliphatic carbocycles. The zero-order chi connectivity index (χ0) is 18.6. The molecule has 0 amide bonds. The first-order chi connectivity index (χ1) is 11.7. The molecule has 0 radical (unpaired) electrons. The maximum atomic E-state index is 12.8. The summed E-state index contributed by atoms with van der Waals surface area (Å²) < 4.78 is 32.1. The summed E-state index contributed by atoms with van der Waals surface area (Å²) >= 11 is 5.41. The number of nitrogens with zero attached hydrogens (tertiary/aromatic N) is 4. The van der Waals surface area contributed by atoms with Gasteiger partial charge in [0.15, 0.2) is 10.9 Å². The molecule has 0 aromatic carbocycles. The van der Waals surface area contributed by atoms with E-state index < -0.39 is 10.0 Å². The minimum Gasteiger partial charge on any atom is -0.363 e. The van der Waals surface area contributed by atoms with Gasteiger partial charge in [0.1, 0.15) is 10.6 Å². The first kappa shape index (κ1) is 20.1. The molecule has 25 heavy (non-hydrogen) atoms. The summed E-state index contributed by atoms with van der Waals surface area (Å²) in [6.07, 6.45) is 1.01. The number of rotatable bonds is 6. The zero-order valence-corrected chi connectivity index (χ0v) is 16.9. The van der Waals surface area contributed by atoms with Gasteiger partial charge in [-0.2, -0.15) is 4.31 Å². The molecular weight excluding hydrogens is 362 g/mol. The summed E-state index contributed by atoms with van der Waals surface area (Å²) in [7, 11) is 0.499. The summed E-state index contributed by atoms with van der Waals surface area (Å²) in [5, 5.41) is 7.68. The van der Waals surface area contributed by atoms with Gasteiger partial charge < -0.3 is 19.6 Å². The molecule has 142 valence electrons. The number of sulfonamides is 1. The summed E-state index contributed by atoms with van der Waals surface area (Å²) in [5.41, 5.74) is 0.401. The maximum Gasteiger partial charge on any atom is 0.248 e. The Morgan fingerprint density at radius 2 is 1.92 bits per heavy atom. The van der Waals surface area contributed by atoms with Crippen LogP contribution < -0.4 is 5.32 Å². The van der Waals surface area contributed by atoms with E-state index in [-0.39, 0.29) is 4.90 Å². The van der Waals surface area contributed by atoms with Crippen LogP contribution in [0.5, 0.6) is 0 Å². The third-order valence-corrected chi connectivity index (χ3v) is 6.70. The van der Waals surface area contributed by atoms with E-state index in [0.29, 0.717) is 42.7 Å². The number of thiocarbonyl (C=S) groups is 1. The van der Waals surface area contributed by atoms with Gasteiger partial charge in [0.25, 0.3) is 0 Å². The molecule has 1 N–H and O–H groups in total. The summed E-state index contributed by atoms with van der Waals surface area (Å²) in [5.74, 6) is 0.331. The molecular formula is C15H27N5O3S2. The first-order valence-electron chi connectivity index (χ1n) is 8.34. The van der Waals surface area contributed by atoms with E-state index in [1.165, 1.54) is 4.31 Å². The minimum absolute atomic E-state index is 0.185. The normalized spacial score (nSPS) is 16.4. The van der Waals surface area contributed by atoms with Gasteiger partial charge in [-0.15, -0.1) is 0 Å². The Balaban J connectivity index is 1.88. The SMILES string of the molecule is Cc1noc(C)c1S(=O)(=O)N1CCN(C(=S)NCCCN(C)C)CC1. The fourth-order valence-corrected chi connectivity index (χ4v) is 4.80. The van der Waals surface area contributed by atoms with Crippen molar-refractivity contribution >= 4 is 27.4 Å². The van der Waals surface area contributed by atoms with Crippen molar-refractivity contribution in [3.63, 3.8) is 0 Å². The molecule has 1 aromatic rings. The van der Waals surface area contributed by atoms with Crippen molar-refractivity contribution in [1.29, 1.82) is 0 Å². The standard InChI is InChI=1S/C15H27N5O3S2/c1-12-14(13(2)23-17-12)25(21,22)20-10-8-19(9-11-20)15(24)16-6-5-7-18(3)4/h5-11H2,1-4H3,(H,16,24). The van der Waals surface area contributed by atoms with E-state index in [1.54, 1.807) is 13.8 Å². The van der Waals surface area contributed by atoms with E-state index in [9.17, 15) is 8.42 Å². The lowest BCUT2D eigenvalue weighted by Crippen LogP contribution is -2.53. The third-order valence-electron chi connectivity index (χ3n) is 4.15. The Hall–Kier alpha value is -1.23. The lowest BCUT2D eigenvalue weighted by atomic mass is 10.4. The van der Waals surface area contributed by atoms with Crippen LogP contribution in [0.3, 0.4) is 0 Å². The minimum atomic E-state index is -3.58. The van der Waals surface area contributed by atoms with Crippen LogP contribution in [-0.2, 0) is 10.0 Å². The van der Waals surface area contributed by atoms with Gasteiger partial charge in [-0.05, 0) is 53.1 Å². The second kappa shape index (κ2) is 8.43. The largest absolute Gasteiger partial charge is 0.363 e. The van der Waals surface area contributed by atoms with E-state index in [0.717, 1.165) is 19.5 Å². The molecule has 2 heterocycles. The van der Waals surface area contributed by atoms with Gasteiger partial charge in [-0.1, -0.05) is 5.16 Å². The van der Waals surface area contributed by atoms with E-state index >= 15 is 0 Å². The highest BCUT2D eigenvalue weighted by Gasteiger charge is 2.33. The van der Waals surface area contributed by atoms with Crippen LogP contribution in [0.1, 0.15) is 17.9 Å². The molecule has 0 atom stereocenters. The second-order valence-corrected chi connectivity index (χ2v) is 8.69. The average Bonchev–Trinajstić information content (AvgIpc) is 2.90. The van der Waals surface area contributed by atoms with E-state index in [1.807, 2.05) is 19.0 Å². The maximum absolute atomic E-state index is 12.8. The quantitative estimate of drug-likeness (QED) is 0.554. The predicted octanol–water partition coefficient (Wildman–Crippen LogP) is 0.424. The van der Waals surface area contributed by atoms with Gasteiger partial charge in [0, 0.05) is 32.7 Å². The van der Waals surface area contributed by atoms with Crippen molar-refractivity contribution in [2.24, 2.45) is 0 Å². The Morgan fingerprint density at radius 3 is 2.44 bits per heavy atom. The molecule has 0 saturated carbocycles. The number of aryl methyl sites for hydroxylation is 2. The Bertz CT molecular complexity index is 675. The van der Waals surface area contributed by atoms with Crippen molar-refractivity contribution in [2.75, 3.05) is 53.4 Å². The summed E-state index contributed by atoms with van der Waals surface area (Å²) in [4.78, 5) is 4.33. The molecule has 1 saturated heterocycles. The number of hydrogen-bond donors (Lipinski definition) is 1. The molecule has 1 aliphatic rings. The number of piperazine rings is 1. The molecule has 1 aliphatic heterocycles. The van der Waals surface area contributed by atoms with Crippen LogP contribution in [-0.4, -0.2) is 86.2 Å². The predicted molar refractivity (Wildman–Crippen MR) is 100 cm³/mol. The Labute approximate surface area is 155 Å².